The predicted octanol–water partition coefficient (Wildman–Crippen LogP) is 3.01. The van der Waals surface area contributed by atoms with E-state index in [2.05, 4.69) is 0 Å². The first-order valence-electron chi connectivity index (χ1n) is 4.38. The molecule has 13 heavy (non-hydrogen) atoms. The smallest absolute Gasteiger partial charge is 0.330 e. The maximum Gasteiger partial charge on any atom is 0.389 e. The van der Waals surface area contributed by atoms with Crippen LogP contribution in [0.3, 0.4) is 0 Å². The lowest BCUT2D eigenvalue weighted by Gasteiger charge is -2.05. The van der Waals surface area contributed by atoms with Crippen LogP contribution in [0.15, 0.2) is 11.6 Å². The molecule has 0 atom stereocenters. The van der Waals surface area contributed by atoms with Gasteiger partial charge in [0.25, 0.3) is 0 Å². The highest BCUT2D eigenvalue weighted by Crippen LogP contribution is 2.23. The van der Waals surface area contributed by atoms with Crippen LogP contribution in [0.25, 0.3) is 0 Å². The Morgan fingerprint density at radius 3 is 2.46 bits per heavy atom. The van der Waals surface area contributed by atoms with Gasteiger partial charge in [0.15, 0.2) is 0 Å². The van der Waals surface area contributed by atoms with Crippen LogP contribution >= 0.6 is 0 Å². The average Bonchev–Trinajstić information content (AvgIpc) is 1.98. The van der Waals surface area contributed by atoms with Crippen molar-refractivity contribution in [2.75, 3.05) is 6.54 Å². The molecule has 78 valence electrons. The highest BCUT2D eigenvalue weighted by Gasteiger charge is 2.25. The molecule has 0 spiro atoms. The van der Waals surface area contributed by atoms with Gasteiger partial charge in [0.1, 0.15) is 0 Å². The molecular weight excluding hydrogens is 179 g/mol. The molecule has 0 aliphatic carbocycles. The van der Waals surface area contributed by atoms with Gasteiger partial charge in [-0.25, -0.2) is 0 Å². The largest absolute Gasteiger partial charge is 0.389 e. The quantitative estimate of drug-likeness (QED) is 0.670. The number of alkyl halides is 3. The zero-order chi connectivity index (χ0) is 10.3. The second-order valence-electron chi connectivity index (χ2n) is 3.10. The van der Waals surface area contributed by atoms with Crippen LogP contribution in [-0.4, -0.2) is 12.7 Å². The van der Waals surface area contributed by atoms with Gasteiger partial charge in [-0.05, 0) is 32.7 Å². The molecule has 0 unspecified atom stereocenters. The minimum absolute atomic E-state index is 0.177. The van der Waals surface area contributed by atoms with Crippen molar-refractivity contribution in [1.82, 2.24) is 0 Å². The predicted molar refractivity (Wildman–Crippen MR) is 47.3 cm³/mol. The lowest BCUT2D eigenvalue weighted by molar-refractivity contribution is -0.135. The van der Waals surface area contributed by atoms with Crippen molar-refractivity contribution in [2.24, 2.45) is 5.73 Å². The van der Waals surface area contributed by atoms with Gasteiger partial charge in [0.05, 0.1) is 0 Å². The van der Waals surface area contributed by atoms with E-state index in [1.165, 1.54) is 0 Å². The van der Waals surface area contributed by atoms with Crippen molar-refractivity contribution >= 4 is 0 Å². The third-order valence-electron chi connectivity index (χ3n) is 1.69. The summed E-state index contributed by atoms with van der Waals surface area (Å²) >= 11 is 0. The van der Waals surface area contributed by atoms with Gasteiger partial charge in [-0.3, -0.25) is 0 Å². The van der Waals surface area contributed by atoms with Crippen LogP contribution in [0.1, 0.15) is 32.6 Å². The van der Waals surface area contributed by atoms with Crippen LogP contribution in [0.5, 0.6) is 0 Å². The first kappa shape index (κ1) is 12.5. The summed E-state index contributed by atoms with van der Waals surface area (Å²) in [6.45, 7) is 2.39. The standard InChI is InChI=1S/C9H16F3N/c1-8(5-3-7-13)4-2-6-9(10,11)12/h5H,2-4,6-7,13H2,1H3. The SMILES string of the molecule is CC(=CCCN)CCCC(F)(F)F. The molecule has 0 aliphatic heterocycles. The molecule has 0 heterocycles. The van der Waals surface area contributed by atoms with Crippen molar-refractivity contribution in [2.45, 2.75) is 38.8 Å². The first-order chi connectivity index (χ1) is 5.95. The maximum atomic E-state index is 11.7. The Labute approximate surface area is 76.8 Å². The van der Waals surface area contributed by atoms with Crippen molar-refractivity contribution in [3.63, 3.8) is 0 Å². The summed E-state index contributed by atoms with van der Waals surface area (Å²) in [6.07, 6.45) is -1.38. The summed E-state index contributed by atoms with van der Waals surface area (Å²) in [5.41, 5.74) is 6.25. The number of halogens is 3. The molecule has 0 amide bonds. The molecule has 0 aliphatic rings. The van der Waals surface area contributed by atoms with Crippen LogP contribution in [0.2, 0.25) is 0 Å². The summed E-state index contributed by atoms with van der Waals surface area (Å²) in [7, 11) is 0. The van der Waals surface area contributed by atoms with E-state index in [0.717, 1.165) is 12.0 Å². The first-order valence-corrected chi connectivity index (χ1v) is 4.38. The number of nitrogens with two attached hydrogens (primary N) is 1. The molecule has 0 saturated carbocycles. The fraction of sp³-hybridized carbons (Fsp3) is 0.778. The van der Waals surface area contributed by atoms with Gasteiger partial charge in [-0.1, -0.05) is 11.6 Å². The Bertz CT molecular complexity index is 161. The Morgan fingerprint density at radius 2 is 2.00 bits per heavy atom. The lowest BCUT2D eigenvalue weighted by Crippen LogP contribution is -2.06. The Balaban J connectivity index is 3.53. The topological polar surface area (TPSA) is 26.0 Å². The van der Waals surface area contributed by atoms with Crippen molar-refractivity contribution in [3.05, 3.63) is 11.6 Å². The van der Waals surface area contributed by atoms with E-state index < -0.39 is 12.6 Å². The fourth-order valence-corrected chi connectivity index (χ4v) is 0.999. The monoisotopic (exact) mass is 195 g/mol. The minimum Gasteiger partial charge on any atom is -0.330 e. The second kappa shape index (κ2) is 6.02. The molecule has 4 heteroatoms. The summed E-state index contributed by atoms with van der Waals surface area (Å²) in [5.74, 6) is 0. The van der Waals surface area contributed by atoms with Crippen molar-refractivity contribution in [3.8, 4) is 0 Å². The van der Waals surface area contributed by atoms with E-state index in [4.69, 9.17) is 5.73 Å². The molecule has 0 fully saturated rings. The third kappa shape index (κ3) is 9.40. The molecule has 0 aromatic rings. The van der Waals surface area contributed by atoms with Gasteiger partial charge in [-0.15, -0.1) is 0 Å². The molecule has 1 nitrogen and oxygen atoms in total. The molecule has 0 radical (unpaired) electrons. The van der Waals surface area contributed by atoms with E-state index in [9.17, 15) is 13.2 Å². The average molecular weight is 195 g/mol. The summed E-state index contributed by atoms with van der Waals surface area (Å²) in [4.78, 5) is 0. The number of allylic oxidation sites excluding steroid dienone is 1. The summed E-state index contributed by atoms with van der Waals surface area (Å²) < 4.78 is 35.2. The normalized spacial score (nSPS) is 13.5. The molecule has 0 bridgehead atoms. The van der Waals surface area contributed by atoms with E-state index in [1.807, 2.05) is 13.0 Å². The van der Waals surface area contributed by atoms with Gasteiger partial charge < -0.3 is 5.73 Å². The zero-order valence-electron chi connectivity index (χ0n) is 7.82. The third-order valence-corrected chi connectivity index (χ3v) is 1.69. The van der Waals surface area contributed by atoms with Crippen molar-refractivity contribution < 1.29 is 13.2 Å². The van der Waals surface area contributed by atoms with Gasteiger partial charge in [-0.2, -0.15) is 13.2 Å². The zero-order valence-corrected chi connectivity index (χ0v) is 7.82. The number of hydrogen-bond donors (Lipinski definition) is 1. The van der Waals surface area contributed by atoms with Crippen LogP contribution < -0.4 is 5.73 Å². The number of rotatable bonds is 5. The van der Waals surface area contributed by atoms with Crippen LogP contribution in [0, 0.1) is 0 Å². The summed E-state index contributed by atoms with van der Waals surface area (Å²) in [5, 5.41) is 0. The maximum absolute atomic E-state index is 11.7. The van der Waals surface area contributed by atoms with E-state index >= 15 is 0 Å². The highest BCUT2D eigenvalue weighted by molar-refractivity contribution is 4.97. The van der Waals surface area contributed by atoms with Crippen LogP contribution in [0.4, 0.5) is 13.2 Å². The van der Waals surface area contributed by atoms with Gasteiger partial charge >= 0.3 is 6.18 Å². The molecule has 0 aromatic carbocycles. The molecule has 0 aromatic heterocycles. The fourth-order valence-electron chi connectivity index (χ4n) is 0.999. The van der Waals surface area contributed by atoms with E-state index in [0.29, 0.717) is 13.0 Å². The molecule has 0 saturated heterocycles. The summed E-state index contributed by atoms with van der Waals surface area (Å²) in [6, 6.07) is 0. The van der Waals surface area contributed by atoms with E-state index in [-0.39, 0.29) is 6.42 Å². The minimum atomic E-state index is -4.02. The Hall–Kier alpha value is -0.510. The Kier molecular flexibility index (Phi) is 5.79. The van der Waals surface area contributed by atoms with Crippen LogP contribution in [-0.2, 0) is 0 Å². The van der Waals surface area contributed by atoms with E-state index in [1.54, 1.807) is 0 Å². The Morgan fingerprint density at radius 1 is 1.38 bits per heavy atom. The van der Waals surface area contributed by atoms with Gasteiger partial charge in [0.2, 0.25) is 0 Å². The molecule has 2 N–H and O–H groups in total. The molecule has 0 rings (SSSR count). The highest BCUT2D eigenvalue weighted by atomic mass is 19.4. The van der Waals surface area contributed by atoms with Crippen molar-refractivity contribution in [1.29, 1.82) is 0 Å². The lowest BCUT2D eigenvalue weighted by atomic mass is 10.1. The second-order valence-corrected chi connectivity index (χ2v) is 3.10. The number of hydrogen-bond acceptors (Lipinski definition) is 1. The molecular formula is C9H16F3N. The van der Waals surface area contributed by atoms with Gasteiger partial charge in [0, 0.05) is 6.42 Å².